The van der Waals surface area contributed by atoms with E-state index in [1.165, 1.54) is 22.6 Å². The molecule has 3 rings (SSSR count). The number of halogens is 2. The van der Waals surface area contributed by atoms with Crippen molar-refractivity contribution < 1.29 is 9.53 Å². The second kappa shape index (κ2) is 6.59. The van der Waals surface area contributed by atoms with E-state index in [2.05, 4.69) is 9.97 Å². The Morgan fingerprint density at radius 2 is 2.00 bits per heavy atom. The van der Waals surface area contributed by atoms with Crippen molar-refractivity contribution in [3.8, 4) is 0 Å². The maximum absolute atomic E-state index is 12.2. The average molecular weight is 364 g/mol. The molecule has 0 N–H and O–H groups in total. The highest BCUT2D eigenvalue weighted by Crippen LogP contribution is 2.18. The summed E-state index contributed by atoms with van der Waals surface area (Å²) in [7, 11) is 0. The highest BCUT2D eigenvalue weighted by Gasteiger charge is 2.15. The van der Waals surface area contributed by atoms with Crippen molar-refractivity contribution >= 4 is 34.8 Å². The Hall–Kier alpha value is -2.44. The Bertz CT molecular complexity index is 1000. The standard InChI is InChI=1S/C16H11Cl2N3O3/c1-9-3-2-4-13-19-10(7-14(22)21(9)13)8-24-16(23)15-11(17)5-6-12(18)20-15/h2-7H,8H2,1H3. The summed E-state index contributed by atoms with van der Waals surface area (Å²) in [6, 6.07) is 9.55. The Morgan fingerprint density at radius 1 is 1.21 bits per heavy atom. The van der Waals surface area contributed by atoms with Gasteiger partial charge in [-0.05, 0) is 31.2 Å². The molecular formula is C16H11Cl2N3O3. The number of ether oxygens (including phenoxy) is 1. The Balaban J connectivity index is 1.84. The van der Waals surface area contributed by atoms with Crippen molar-refractivity contribution in [3.05, 3.63) is 74.0 Å². The van der Waals surface area contributed by atoms with Crippen molar-refractivity contribution in [2.75, 3.05) is 0 Å². The summed E-state index contributed by atoms with van der Waals surface area (Å²) < 4.78 is 6.60. The molecule has 6 nitrogen and oxygen atoms in total. The summed E-state index contributed by atoms with van der Waals surface area (Å²) >= 11 is 11.6. The number of aryl methyl sites for hydroxylation is 1. The van der Waals surface area contributed by atoms with Crippen LogP contribution in [0.2, 0.25) is 10.2 Å². The first kappa shape index (κ1) is 16.4. The van der Waals surface area contributed by atoms with Crippen LogP contribution in [0.1, 0.15) is 21.9 Å². The van der Waals surface area contributed by atoms with E-state index in [-0.39, 0.29) is 28.0 Å². The summed E-state index contributed by atoms with van der Waals surface area (Å²) in [5, 5.41) is 0.260. The molecule has 24 heavy (non-hydrogen) atoms. The van der Waals surface area contributed by atoms with Crippen LogP contribution in [0.3, 0.4) is 0 Å². The summed E-state index contributed by atoms with van der Waals surface area (Å²) in [6.07, 6.45) is 0. The van der Waals surface area contributed by atoms with Gasteiger partial charge in [-0.3, -0.25) is 9.20 Å². The molecule has 122 valence electrons. The second-order valence-electron chi connectivity index (χ2n) is 4.99. The van der Waals surface area contributed by atoms with Crippen LogP contribution in [0.4, 0.5) is 0 Å². The van der Waals surface area contributed by atoms with E-state index in [0.29, 0.717) is 11.3 Å². The minimum atomic E-state index is -0.742. The van der Waals surface area contributed by atoms with Crippen molar-refractivity contribution in [1.29, 1.82) is 0 Å². The lowest BCUT2D eigenvalue weighted by Gasteiger charge is -2.08. The van der Waals surface area contributed by atoms with Crippen molar-refractivity contribution in [1.82, 2.24) is 14.4 Å². The molecule has 0 bridgehead atoms. The third kappa shape index (κ3) is 3.25. The van der Waals surface area contributed by atoms with Crippen LogP contribution in [0, 0.1) is 6.92 Å². The number of rotatable bonds is 3. The van der Waals surface area contributed by atoms with Gasteiger partial charge in [-0.2, -0.15) is 0 Å². The van der Waals surface area contributed by atoms with E-state index in [4.69, 9.17) is 27.9 Å². The van der Waals surface area contributed by atoms with E-state index in [9.17, 15) is 9.59 Å². The molecule has 0 aliphatic carbocycles. The van der Waals surface area contributed by atoms with Crippen molar-refractivity contribution in [3.63, 3.8) is 0 Å². The molecule has 8 heteroatoms. The van der Waals surface area contributed by atoms with Crippen LogP contribution >= 0.6 is 23.2 Å². The van der Waals surface area contributed by atoms with Gasteiger partial charge in [0, 0.05) is 11.8 Å². The zero-order valence-electron chi connectivity index (χ0n) is 12.5. The van der Waals surface area contributed by atoms with Gasteiger partial charge in [0.1, 0.15) is 17.4 Å². The third-order valence-corrected chi connectivity index (χ3v) is 3.81. The molecule has 0 spiro atoms. The zero-order valence-corrected chi connectivity index (χ0v) is 14.0. The number of fused-ring (bicyclic) bond motifs is 1. The highest BCUT2D eigenvalue weighted by molar-refractivity contribution is 6.34. The molecule has 0 aliphatic heterocycles. The SMILES string of the molecule is Cc1cccc2nc(COC(=O)c3nc(Cl)ccc3Cl)cc(=O)n12. The first-order chi connectivity index (χ1) is 11.5. The van der Waals surface area contributed by atoms with Gasteiger partial charge in [-0.15, -0.1) is 0 Å². The topological polar surface area (TPSA) is 73.6 Å². The van der Waals surface area contributed by atoms with E-state index in [0.717, 1.165) is 5.69 Å². The largest absolute Gasteiger partial charge is 0.454 e. The number of esters is 1. The summed E-state index contributed by atoms with van der Waals surface area (Å²) in [5.74, 6) is -0.742. The highest BCUT2D eigenvalue weighted by atomic mass is 35.5. The number of carbonyl (C=O) groups is 1. The fraction of sp³-hybridized carbons (Fsp3) is 0.125. The lowest BCUT2D eigenvalue weighted by Crippen LogP contribution is -2.18. The monoisotopic (exact) mass is 363 g/mol. The molecule has 0 amide bonds. The van der Waals surface area contributed by atoms with Gasteiger partial charge >= 0.3 is 5.97 Å². The minimum absolute atomic E-state index is 0.0856. The third-order valence-electron chi connectivity index (χ3n) is 3.29. The quantitative estimate of drug-likeness (QED) is 0.528. The predicted octanol–water partition coefficient (Wildman–Crippen LogP) is 3.06. The molecule has 3 aromatic heterocycles. The van der Waals surface area contributed by atoms with Crippen LogP contribution < -0.4 is 5.56 Å². The molecule has 3 aromatic rings. The zero-order chi connectivity index (χ0) is 17.3. The van der Waals surface area contributed by atoms with Gasteiger partial charge in [0.15, 0.2) is 5.69 Å². The molecule has 0 saturated carbocycles. The van der Waals surface area contributed by atoms with E-state index in [1.54, 1.807) is 12.1 Å². The van der Waals surface area contributed by atoms with Crippen LogP contribution in [-0.2, 0) is 11.3 Å². The van der Waals surface area contributed by atoms with Gasteiger partial charge in [0.2, 0.25) is 0 Å². The van der Waals surface area contributed by atoms with Crippen molar-refractivity contribution in [2.45, 2.75) is 13.5 Å². The number of aromatic nitrogens is 3. The normalized spacial score (nSPS) is 10.8. The maximum Gasteiger partial charge on any atom is 0.358 e. The molecule has 0 aromatic carbocycles. The average Bonchev–Trinajstić information content (AvgIpc) is 2.54. The summed E-state index contributed by atoms with van der Waals surface area (Å²) in [4.78, 5) is 32.4. The number of hydrogen-bond acceptors (Lipinski definition) is 5. The fourth-order valence-electron chi connectivity index (χ4n) is 2.21. The van der Waals surface area contributed by atoms with Crippen molar-refractivity contribution in [2.24, 2.45) is 0 Å². The smallest absolute Gasteiger partial charge is 0.358 e. The molecular weight excluding hydrogens is 353 g/mol. The molecule has 0 radical (unpaired) electrons. The van der Waals surface area contributed by atoms with E-state index in [1.807, 2.05) is 13.0 Å². The first-order valence-electron chi connectivity index (χ1n) is 6.93. The van der Waals surface area contributed by atoms with Crippen LogP contribution in [0.25, 0.3) is 5.65 Å². The molecule has 0 aliphatic rings. The predicted molar refractivity (Wildman–Crippen MR) is 89.6 cm³/mol. The van der Waals surface area contributed by atoms with E-state index < -0.39 is 5.97 Å². The molecule has 0 fully saturated rings. The summed E-state index contributed by atoms with van der Waals surface area (Å²) in [5.41, 5.74) is 1.24. The minimum Gasteiger partial charge on any atom is -0.454 e. The molecule has 0 atom stereocenters. The van der Waals surface area contributed by atoms with Crippen LogP contribution in [0.15, 0.2) is 41.2 Å². The Kier molecular flexibility index (Phi) is 4.51. The number of nitrogens with zero attached hydrogens (tertiary/aromatic N) is 3. The fourth-order valence-corrected chi connectivity index (χ4v) is 2.54. The van der Waals surface area contributed by atoms with Gasteiger partial charge in [0.25, 0.3) is 5.56 Å². The number of pyridine rings is 2. The number of carbonyl (C=O) groups excluding carboxylic acids is 1. The lowest BCUT2D eigenvalue weighted by atomic mass is 10.3. The van der Waals surface area contributed by atoms with Crippen LogP contribution in [-0.4, -0.2) is 20.3 Å². The first-order valence-corrected chi connectivity index (χ1v) is 7.69. The lowest BCUT2D eigenvalue weighted by molar-refractivity contribution is 0.0461. The van der Waals surface area contributed by atoms with Gasteiger partial charge in [-0.1, -0.05) is 29.3 Å². The van der Waals surface area contributed by atoms with Gasteiger partial charge in [-0.25, -0.2) is 14.8 Å². The maximum atomic E-state index is 12.2. The number of hydrogen-bond donors (Lipinski definition) is 0. The van der Waals surface area contributed by atoms with Gasteiger partial charge < -0.3 is 4.74 Å². The van der Waals surface area contributed by atoms with Gasteiger partial charge in [0.05, 0.1) is 10.7 Å². The molecule has 3 heterocycles. The van der Waals surface area contributed by atoms with Crippen LogP contribution in [0.5, 0.6) is 0 Å². The second-order valence-corrected chi connectivity index (χ2v) is 5.78. The Morgan fingerprint density at radius 3 is 2.79 bits per heavy atom. The Labute approximate surface area is 146 Å². The summed E-state index contributed by atoms with van der Waals surface area (Å²) in [6.45, 7) is 1.63. The van der Waals surface area contributed by atoms with E-state index >= 15 is 0 Å². The molecule has 0 unspecified atom stereocenters. The molecule has 0 saturated heterocycles.